The first-order valence-electron chi connectivity index (χ1n) is 12.7. The third-order valence-corrected chi connectivity index (χ3v) is 10.5. The van der Waals surface area contributed by atoms with E-state index in [1.54, 1.807) is 40.9 Å². The highest BCUT2D eigenvalue weighted by Crippen LogP contribution is 2.69. The maximum atomic E-state index is 14.2. The van der Waals surface area contributed by atoms with Crippen LogP contribution in [-0.2, 0) is 14.4 Å². The van der Waals surface area contributed by atoms with E-state index in [9.17, 15) is 19.5 Å². The molecule has 7 nitrogen and oxygen atoms in total. The van der Waals surface area contributed by atoms with Crippen molar-refractivity contribution in [1.82, 2.24) is 4.90 Å². The molecule has 3 aliphatic rings. The second-order valence-corrected chi connectivity index (χ2v) is 12.6. The number of carbonyl (C=O) groups excluding carboxylic acids is 3. The van der Waals surface area contributed by atoms with Crippen LogP contribution in [0.5, 0.6) is 0 Å². The Bertz CT molecular complexity index is 1190. The van der Waals surface area contributed by atoms with Crippen LogP contribution >= 0.6 is 23.4 Å². The van der Waals surface area contributed by atoms with Gasteiger partial charge < -0.3 is 20.6 Å². The Morgan fingerprint density at radius 2 is 1.70 bits per heavy atom. The van der Waals surface area contributed by atoms with Crippen molar-refractivity contribution in [3.8, 4) is 0 Å². The van der Waals surface area contributed by atoms with Crippen molar-refractivity contribution in [2.24, 2.45) is 23.7 Å². The van der Waals surface area contributed by atoms with Crippen LogP contribution in [0.2, 0.25) is 5.02 Å². The minimum absolute atomic E-state index is 0.0368. The summed E-state index contributed by atoms with van der Waals surface area (Å²) in [4.78, 5) is 43.4. The number of rotatable bonds is 7. The van der Waals surface area contributed by atoms with Gasteiger partial charge in [0.05, 0.1) is 29.2 Å². The maximum Gasteiger partial charge on any atom is 0.248 e. The van der Waals surface area contributed by atoms with Gasteiger partial charge in [0.1, 0.15) is 6.04 Å². The Morgan fingerprint density at radius 3 is 2.32 bits per heavy atom. The number of aliphatic hydroxyl groups excluding tert-OH is 1. The Balaban J connectivity index is 1.54. The molecule has 3 amide bonds. The third-order valence-electron chi connectivity index (χ3n) is 8.20. The van der Waals surface area contributed by atoms with Gasteiger partial charge in [-0.2, -0.15) is 0 Å². The lowest BCUT2D eigenvalue weighted by atomic mass is 9.66. The molecule has 5 rings (SSSR count). The van der Waals surface area contributed by atoms with Gasteiger partial charge in [0, 0.05) is 21.6 Å². The normalized spacial score (nSPS) is 30.9. The van der Waals surface area contributed by atoms with Crippen molar-refractivity contribution in [1.29, 1.82) is 0 Å². The van der Waals surface area contributed by atoms with Crippen molar-refractivity contribution < 1.29 is 19.5 Å². The van der Waals surface area contributed by atoms with E-state index in [0.717, 1.165) is 6.42 Å². The largest absolute Gasteiger partial charge is 0.394 e. The van der Waals surface area contributed by atoms with Crippen molar-refractivity contribution in [2.45, 2.75) is 49.3 Å². The van der Waals surface area contributed by atoms with Crippen LogP contribution in [0.4, 0.5) is 11.4 Å². The lowest BCUT2D eigenvalue weighted by Gasteiger charge is -2.40. The second-order valence-electron chi connectivity index (χ2n) is 10.6. The van der Waals surface area contributed by atoms with Crippen LogP contribution in [0.1, 0.15) is 27.2 Å². The molecule has 37 heavy (non-hydrogen) atoms. The summed E-state index contributed by atoms with van der Waals surface area (Å²) in [6, 6.07) is 14.7. The molecular weight excluding hydrogens is 510 g/mol. The quantitative estimate of drug-likeness (QED) is 0.486. The predicted molar refractivity (Wildman–Crippen MR) is 146 cm³/mol. The monoisotopic (exact) mass is 541 g/mol. The number of likely N-dealkylation sites (tertiary alicyclic amines) is 1. The standard InChI is InChI=1S/C28H32ClN3O4S/c1-15(2)20(14-33)32-24(26(35)31-19-11-9-17(29)10-12-19)28-16(3)13-21(37-28)22(23(28)27(32)36)25(34)30-18-7-5-4-6-8-18/h4-12,15-16,20-24,33H,13-14H2,1-3H3,(H,30,34)(H,31,35)/t16?,20-,21+,22-,23-,24?,28?/m0/s1. The molecular formula is C28H32ClN3O4S. The first kappa shape index (κ1) is 26.1. The molecule has 2 bridgehead atoms. The summed E-state index contributed by atoms with van der Waals surface area (Å²) in [5.74, 6) is -1.97. The molecule has 3 aliphatic heterocycles. The van der Waals surface area contributed by atoms with Crippen LogP contribution < -0.4 is 10.6 Å². The maximum absolute atomic E-state index is 14.2. The van der Waals surface area contributed by atoms with Gasteiger partial charge in [-0.3, -0.25) is 14.4 Å². The molecule has 9 heteroatoms. The van der Waals surface area contributed by atoms with E-state index in [2.05, 4.69) is 17.6 Å². The lowest BCUT2D eigenvalue weighted by molar-refractivity contribution is -0.142. The first-order valence-corrected chi connectivity index (χ1v) is 14.0. The summed E-state index contributed by atoms with van der Waals surface area (Å²) < 4.78 is -0.765. The van der Waals surface area contributed by atoms with E-state index in [1.807, 2.05) is 44.2 Å². The van der Waals surface area contributed by atoms with E-state index < -0.39 is 28.7 Å². The Labute approximate surface area is 226 Å². The fraction of sp³-hybridized carbons (Fsp3) is 0.464. The molecule has 0 saturated carbocycles. The molecule has 2 aromatic carbocycles. The van der Waals surface area contributed by atoms with E-state index >= 15 is 0 Å². The van der Waals surface area contributed by atoms with Gasteiger partial charge in [-0.05, 0) is 54.7 Å². The third kappa shape index (κ3) is 4.23. The number of fused-ring (bicyclic) bond motifs is 1. The van der Waals surface area contributed by atoms with Crippen LogP contribution in [0.25, 0.3) is 0 Å². The van der Waals surface area contributed by atoms with Gasteiger partial charge in [0.2, 0.25) is 17.7 Å². The lowest BCUT2D eigenvalue weighted by Crippen LogP contribution is -2.57. The highest BCUT2D eigenvalue weighted by atomic mass is 35.5. The molecule has 3 N–H and O–H groups in total. The zero-order valence-electron chi connectivity index (χ0n) is 21.1. The minimum Gasteiger partial charge on any atom is -0.394 e. The smallest absolute Gasteiger partial charge is 0.248 e. The Hall–Kier alpha value is -2.55. The Morgan fingerprint density at radius 1 is 1.08 bits per heavy atom. The van der Waals surface area contributed by atoms with Crippen molar-refractivity contribution in [3.05, 3.63) is 59.6 Å². The highest BCUT2D eigenvalue weighted by molar-refractivity contribution is 8.02. The van der Waals surface area contributed by atoms with Gasteiger partial charge in [-0.1, -0.05) is 50.6 Å². The number of carbonyl (C=O) groups is 3. The van der Waals surface area contributed by atoms with Crippen LogP contribution in [0.3, 0.4) is 0 Å². The van der Waals surface area contributed by atoms with E-state index in [1.165, 1.54) is 0 Å². The molecule has 2 aromatic rings. The molecule has 3 unspecified atom stereocenters. The molecule has 3 heterocycles. The highest BCUT2D eigenvalue weighted by Gasteiger charge is 2.76. The molecule has 0 aromatic heterocycles. The number of anilines is 2. The zero-order valence-corrected chi connectivity index (χ0v) is 22.6. The minimum atomic E-state index is -0.820. The Kier molecular flexibility index (Phi) is 7.02. The van der Waals surface area contributed by atoms with Gasteiger partial charge in [0.15, 0.2) is 0 Å². The van der Waals surface area contributed by atoms with Gasteiger partial charge >= 0.3 is 0 Å². The van der Waals surface area contributed by atoms with Gasteiger partial charge in [-0.15, -0.1) is 11.8 Å². The summed E-state index contributed by atoms with van der Waals surface area (Å²) in [5.41, 5.74) is 1.26. The molecule has 196 valence electrons. The van der Waals surface area contributed by atoms with Gasteiger partial charge in [0.25, 0.3) is 0 Å². The molecule has 7 atom stereocenters. The number of aliphatic hydroxyl groups is 1. The number of benzene rings is 2. The average Bonchev–Trinajstić information content (AvgIpc) is 3.45. The van der Waals surface area contributed by atoms with Crippen LogP contribution in [0, 0.1) is 23.7 Å². The summed E-state index contributed by atoms with van der Waals surface area (Å²) in [6.45, 7) is 5.68. The summed E-state index contributed by atoms with van der Waals surface area (Å²) in [6.07, 6.45) is 0.741. The predicted octanol–water partition coefficient (Wildman–Crippen LogP) is 4.27. The van der Waals surface area contributed by atoms with E-state index in [-0.39, 0.29) is 41.4 Å². The number of para-hydroxylation sites is 1. The van der Waals surface area contributed by atoms with E-state index in [0.29, 0.717) is 16.4 Å². The fourth-order valence-corrected chi connectivity index (χ4v) is 9.06. The summed E-state index contributed by atoms with van der Waals surface area (Å²) in [7, 11) is 0. The number of hydrogen-bond donors (Lipinski definition) is 3. The van der Waals surface area contributed by atoms with Crippen LogP contribution in [-0.4, -0.2) is 56.4 Å². The second kappa shape index (κ2) is 9.97. The van der Waals surface area contributed by atoms with E-state index in [4.69, 9.17) is 11.6 Å². The van der Waals surface area contributed by atoms with Crippen molar-refractivity contribution in [2.75, 3.05) is 17.2 Å². The summed E-state index contributed by atoms with van der Waals surface area (Å²) >= 11 is 7.64. The molecule has 3 fully saturated rings. The molecule has 0 radical (unpaired) electrons. The first-order chi connectivity index (χ1) is 17.7. The SMILES string of the molecule is CC(C)[C@H](CO)N1C(=O)[C@@H]2[C@@H](C(=O)Nc3ccccc3)[C@H]3CC(C)C2(S3)C1C(=O)Nc1ccc(Cl)cc1. The zero-order chi connectivity index (χ0) is 26.5. The number of nitrogens with one attached hydrogen (secondary N) is 2. The molecule has 0 aliphatic carbocycles. The number of hydrogen-bond acceptors (Lipinski definition) is 5. The average molecular weight is 542 g/mol. The number of thioether (sulfide) groups is 1. The van der Waals surface area contributed by atoms with Crippen molar-refractivity contribution in [3.63, 3.8) is 0 Å². The van der Waals surface area contributed by atoms with Gasteiger partial charge in [-0.25, -0.2) is 0 Å². The topological polar surface area (TPSA) is 98.7 Å². The van der Waals surface area contributed by atoms with Crippen LogP contribution in [0.15, 0.2) is 54.6 Å². The number of halogens is 1. The molecule has 1 spiro atoms. The number of nitrogens with zero attached hydrogens (tertiary/aromatic N) is 1. The summed E-state index contributed by atoms with van der Waals surface area (Å²) in [5, 5.41) is 16.8. The fourth-order valence-electron chi connectivity index (χ4n) is 6.53. The number of amides is 3. The molecule has 3 saturated heterocycles. The van der Waals surface area contributed by atoms with Crippen molar-refractivity contribution >= 4 is 52.5 Å².